The zero-order valence-electron chi connectivity index (χ0n) is 11.7. The number of nitrogens with one attached hydrogen (secondary N) is 1. The van der Waals surface area contributed by atoms with Gasteiger partial charge in [-0.05, 0) is 48.6 Å². The predicted molar refractivity (Wildman–Crippen MR) is 80.3 cm³/mol. The minimum atomic E-state index is 0.457. The summed E-state index contributed by atoms with van der Waals surface area (Å²) in [6.45, 7) is 8.29. The molecule has 2 rings (SSSR count). The molecule has 0 atom stereocenters. The van der Waals surface area contributed by atoms with Gasteiger partial charge in [0.15, 0.2) is 11.0 Å². The van der Waals surface area contributed by atoms with Crippen molar-refractivity contribution in [3.63, 3.8) is 0 Å². The molecule has 1 aromatic carbocycles. The number of hydrogen-bond acceptors (Lipinski definition) is 3. The fourth-order valence-corrected chi connectivity index (χ4v) is 1.99. The molecule has 0 bridgehead atoms. The summed E-state index contributed by atoms with van der Waals surface area (Å²) in [7, 11) is 0. The minimum absolute atomic E-state index is 0.457. The molecule has 0 fully saturated rings. The maximum atomic E-state index is 5.95. The highest BCUT2D eigenvalue weighted by Gasteiger charge is 2.08. The molecule has 0 saturated heterocycles. The average Bonchev–Trinajstić information content (AvgIpc) is 2.40. The quantitative estimate of drug-likeness (QED) is 0.889. The van der Waals surface area contributed by atoms with E-state index in [1.807, 2.05) is 26.0 Å². The third kappa shape index (κ3) is 3.04. The van der Waals surface area contributed by atoms with Gasteiger partial charge in [0.2, 0.25) is 0 Å². The Bertz CT molecular complexity index is 594. The molecule has 0 radical (unpaired) electrons. The van der Waals surface area contributed by atoms with Gasteiger partial charge in [0.25, 0.3) is 0 Å². The highest BCUT2D eigenvalue weighted by Crippen LogP contribution is 2.25. The number of hydrogen-bond donors (Lipinski definition) is 1. The van der Waals surface area contributed by atoms with Gasteiger partial charge in [-0.2, -0.15) is 0 Å². The first-order chi connectivity index (χ1) is 8.99. The van der Waals surface area contributed by atoms with E-state index in [2.05, 4.69) is 41.5 Å². The van der Waals surface area contributed by atoms with E-state index in [1.54, 1.807) is 0 Å². The van der Waals surface area contributed by atoms with Gasteiger partial charge in [-0.1, -0.05) is 37.6 Å². The summed E-state index contributed by atoms with van der Waals surface area (Å²) in [4.78, 5) is 0. The van der Waals surface area contributed by atoms with Gasteiger partial charge in [0.1, 0.15) is 0 Å². The molecule has 0 aliphatic rings. The van der Waals surface area contributed by atoms with Crippen LogP contribution >= 0.6 is 11.6 Å². The lowest BCUT2D eigenvalue weighted by Crippen LogP contribution is -2.01. The fourth-order valence-electron chi connectivity index (χ4n) is 1.81. The number of halogens is 1. The van der Waals surface area contributed by atoms with Crippen molar-refractivity contribution in [3.8, 4) is 0 Å². The highest BCUT2D eigenvalue weighted by atomic mass is 35.5. The number of benzene rings is 1. The third-order valence-corrected chi connectivity index (χ3v) is 3.64. The van der Waals surface area contributed by atoms with Crippen LogP contribution in [0.15, 0.2) is 24.3 Å². The first-order valence-electron chi connectivity index (χ1n) is 6.35. The van der Waals surface area contributed by atoms with E-state index in [9.17, 15) is 0 Å². The van der Waals surface area contributed by atoms with Crippen LogP contribution < -0.4 is 5.32 Å². The van der Waals surface area contributed by atoms with E-state index in [4.69, 9.17) is 11.6 Å². The summed E-state index contributed by atoms with van der Waals surface area (Å²) in [5, 5.41) is 11.8. The maximum Gasteiger partial charge on any atom is 0.156 e. The second-order valence-corrected chi connectivity index (χ2v) is 5.35. The van der Waals surface area contributed by atoms with Crippen LogP contribution in [0.5, 0.6) is 0 Å². The summed E-state index contributed by atoms with van der Waals surface area (Å²) in [5.74, 6) is 1.25. The van der Waals surface area contributed by atoms with E-state index >= 15 is 0 Å². The molecule has 1 heterocycles. The maximum absolute atomic E-state index is 5.95. The van der Waals surface area contributed by atoms with Crippen LogP contribution in [0.2, 0.25) is 5.15 Å². The normalized spacial score (nSPS) is 10.8. The predicted octanol–water partition coefficient (Wildman–Crippen LogP) is 4.61. The Morgan fingerprint density at radius 1 is 1.11 bits per heavy atom. The molecular weight excluding hydrogens is 258 g/mol. The van der Waals surface area contributed by atoms with Crippen LogP contribution in [0.4, 0.5) is 11.5 Å². The molecule has 2 aromatic rings. The van der Waals surface area contributed by atoms with Gasteiger partial charge in [-0.3, -0.25) is 0 Å². The Morgan fingerprint density at radius 2 is 1.84 bits per heavy atom. The van der Waals surface area contributed by atoms with Crippen molar-refractivity contribution in [2.45, 2.75) is 33.6 Å². The topological polar surface area (TPSA) is 37.8 Å². The molecule has 0 spiro atoms. The zero-order chi connectivity index (χ0) is 14.0. The SMILES string of the molecule is Cc1c(Cl)nnc(Nc2cccc(C(C)C)c2)c1C. The Morgan fingerprint density at radius 3 is 2.53 bits per heavy atom. The van der Waals surface area contributed by atoms with Crippen molar-refractivity contribution in [2.24, 2.45) is 0 Å². The second kappa shape index (κ2) is 5.57. The molecule has 3 nitrogen and oxygen atoms in total. The third-order valence-electron chi connectivity index (χ3n) is 3.28. The molecule has 1 N–H and O–H groups in total. The first kappa shape index (κ1) is 13.8. The largest absolute Gasteiger partial charge is 0.338 e. The minimum Gasteiger partial charge on any atom is -0.338 e. The lowest BCUT2D eigenvalue weighted by Gasteiger charge is -2.12. The Hall–Kier alpha value is -1.61. The Labute approximate surface area is 119 Å². The van der Waals surface area contributed by atoms with Crippen LogP contribution in [0, 0.1) is 13.8 Å². The lowest BCUT2D eigenvalue weighted by atomic mass is 10.0. The Balaban J connectivity index is 2.31. The van der Waals surface area contributed by atoms with E-state index in [-0.39, 0.29) is 0 Å². The molecule has 0 aliphatic carbocycles. The van der Waals surface area contributed by atoms with E-state index in [1.165, 1.54) is 5.56 Å². The number of aromatic nitrogens is 2. The molecule has 0 aliphatic heterocycles. The fraction of sp³-hybridized carbons (Fsp3) is 0.333. The number of anilines is 2. The van der Waals surface area contributed by atoms with Crippen LogP contribution in [0.3, 0.4) is 0 Å². The van der Waals surface area contributed by atoms with Gasteiger partial charge in [-0.15, -0.1) is 10.2 Å². The van der Waals surface area contributed by atoms with Crippen molar-refractivity contribution in [1.29, 1.82) is 0 Å². The zero-order valence-corrected chi connectivity index (χ0v) is 12.4. The average molecular weight is 276 g/mol. The van der Waals surface area contributed by atoms with Crippen LogP contribution in [0.1, 0.15) is 36.5 Å². The summed E-state index contributed by atoms with van der Waals surface area (Å²) in [6.07, 6.45) is 0. The summed E-state index contributed by atoms with van der Waals surface area (Å²) in [5.41, 5.74) is 4.29. The molecule has 0 saturated carbocycles. The molecule has 19 heavy (non-hydrogen) atoms. The summed E-state index contributed by atoms with van der Waals surface area (Å²) >= 11 is 5.95. The van der Waals surface area contributed by atoms with Crippen LogP contribution in [-0.4, -0.2) is 10.2 Å². The first-order valence-corrected chi connectivity index (χ1v) is 6.73. The van der Waals surface area contributed by atoms with E-state index in [0.717, 1.165) is 22.6 Å². The van der Waals surface area contributed by atoms with Crippen molar-refractivity contribution in [3.05, 3.63) is 46.1 Å². The molecule has 1 aromatic heterocycles. The molecule has 0 amide bonds. The van der Waals surface area contributed by atoms with Gasteiger partial charge in [-0.25, -0.2) is 0 Å². The monoisotopic (exact) mass is 275 g/mol. The van der Waals surface area contributed by atoms with Gasteiger partial charge < -0.3 is 5.32 Å². The van der Waals surface area contributed by atoms with Crippen LogP contribution in [0.25, 0.3) is 0 Å². The van der Waals surface area contributed by atoms with Crippen molar-refractivity contribution in [1.82, 2.24) is 10.2 Å². The number of nitrogens with zero attached hydrogens (tertiary/aromatic N) is 2. The lowest BCUT2D eigenvalue weighted by molar-refractivity contribution is 0.867. The smallest absolute Gasteiger partial charge is 0.156 e. The standard InChI is InChI=1S/C15H18ClN3/c1-9(2)12-6-5-7-13(8-12)17-15-11(4)10(3)14(16)18-19-15/h5-9H,1-4H3,(H,17,19). The van der Waals surface area contributed by atoms with Gasteiger partial charge in [0, 0.05) is 5.69 Å². The van der Waals surface area contributed by atoms with Crippen molar-refractivity contribution in [2.75, 3.05) is 5.32 Å². The molecule has 0 unspecified atom stereocenters. The second-order valence-electron chi connectivity index (χ2n) is 4.99. The Kier molecular flexibility index (Phi) is 4.05. The molecule has 100 valence electrons. The van der Waals surface area contributed by atoms with Crippen molar-refractivity contribution >= 4 is 23.1 Å². The highest BCUT2D eigenvalue weighted by molar-refractivity contribution is 6.30. The van der Waals surface area contributed by atoms with Gasteiger partial charge >= 0.3 is 0 Å². The molecule has 4 heteroatoms. The van der Waals surface area contributed by atoms with Gasteiger partial charge in [0.05, 0.1) is 0 Å². The summed E-state index contributed by atoms with van der Waals surface area (Å²) in [6, 6.07) is 8.33. The number of rotatable bonds is 3. The summed E-state index contributed by atoms with van der Waals surface area (Å²) < 4.78 is 0. The van der Waals surface area contributed by atoms with Crippen molar-refractivity contribution < 1.29 is 0 Å². The molecular formula is C15H18ClN3. The van der Waals surface area contributed by atoms with Crippen LogP contribution in [-0.2, 0) is 0 Å². The van der Waals surface area contributed by atoms with E-state index in [0.29, 0.717) is 11.1 Å². The van der Waals surface area contributed by atoms with E-state index < -0.39 is 0 Å².